The number of nitrogens with zero attached hydrogens (tertiary/aromatic N) is 2. The molecule has 0 bridgehead atoms. The molecule has 0 unspecified atom stereocenters. The van der Waals surface area contributed by atoms with Crippen LogP contribution in [0.15, 0.2) is 41.1 Å². The molecule has 0 N–H and O–H groups in total. The van der Waals surface area contributed by atoms with Crippen LogP contribution in [0.5, 0.6) is 5.75 Å². The lowest BCUT2D eigenvalue weighted by molar-refractivity contribution is 0.413. The van der Waals surface area contributed by atoms with E-state index in [2.05, 4.69) is 20.9 Å². The van der Waals surface area contributed by atoms with Gasteiger partial charge in [-0.2, -0.15) is 0 Å². The monoisotopic (exact) mass is 334 g/mol. The zero-order chi connectivity index (χ0) is 14.3. The normalized spacial score (nSPS) is 11.0. The number of imidazole rings is 1. The molecule has 0 atom stereocenters. The van der Waals surface area contributed by atoms with Gasteiger partial charge < -0.3 is 9.14 Å². The summed E-state index contributed by atoms with van der Waals surface area (Å²) in [5.41, 5.74) is 2.78. The van der Waals surface area contributed by atoms with Gasteiger partial charge in [0.05, 0.1) is 18.4 Å². The highest BCUT2D eigenvalue weighted by atomic mass is 79.9. The van der Waals surface area contributed by atoms with Crippen molar-refractivity contribution in [3.63, 3.8) is 0 Å². The van der Waals surface area contributed by atoms with Crippen molar-refractivity contribution in [2.45, 2.75) is 6.92 Å². The molecule has 0 fully saturated rings. The van der Waals surface area contributed by atoms with Crippen LogP contribution in [-0.2, 0) is 0 Å². The standard InChI is InChI=1S/C15H12BrFN2O/c1-9-6-14-18-12(8-19(14)7-10(9)16)15-11(17)4-3-5-13(15)20-2/h3-8H,1-2H3. The Morgan fingerprint density at radius 3 is 2.85 bits per heavy atom. The van der Waals surface area contributed by atoms with Gasteiger partial charge in [-0.1, -0.05) is 6.07 Å². The number of benzene rings is 1. The molecule has 102 valence electrons. The molecule has 0 aliphatic heterocycles. The van der Waals surface area contributed by atoms with E-state index < -0.39 is 0 Å². The topological polar surface area (TPSA) is 26.5 Å². The van der Waals surface area contributed by atoms with E-state index in [0.717, 1.165) is 15.7 Å². The van der Waals surface area contributed by atoms with Gasteiger partial charge in [0.2, 0.25) is 0 Å². The Balaban J connectivity index is 2.25. The van der Waals surface area contributed by atoms with Gasteiger partial charge in [-0.05, 0) is 46.6 Å². The van der Waals surface area contributed by atoms with Gasteiger partial charge in [0.1, 0.15) is 17.2 Å². The van der Waals surface area contributed by atoms with E-state index in [1.54, 1.807) is 18.3 Å². The molecule has 0 amide bonds. The first-order valence-electron chi connectivity index (χ1n) is 6.08. The van der Waals surface area contributed by atoms with Gasteiger partial charge in [-0.3, -0.25) is 0 Å². The Morgan fingerprint density at radius 2 is 2.10 bits per heavy atom. The van der Waals surface area contributed by atoms with Gasteiger partial charge in [-0.15, -0.1) is 0 Å². The van der Waals surface area contributed by atoms with Crippen molar-refractivity contribution in [2.75, 3.05) is 7.11 Å². The summed E-state index contributed by atoms with van der Waals surface area (Å²) in [6, 6.07) is 6.70. The zero-order valence-corrected chi connectivity index (χ0v) is 12.6. The highest BCUT2D eigenvalue weighted by Gasteiger charge is 2.15. The maximum Gasteiger partial charge on any atom is 0.137 e. The quantitative estimate of drug-likeness (QED) is 0.701. The van der Waals surface area contributed by atoms with Crippen molar-refractivity contribution in [2.24, 2.45) is 0 Å². The number of rotatable bonds is 2. The molecule has 3 nitrogen and oxygen atoms in total. The number of fused-ring (bicyclic) bond motifs is 1. The number of methoxy groups -OCH3 is 1. The van der Waals surface area contributed by atoms with Crippen molar-refractivity contribution in [3.8, 4) is 17.0 Å². The third kappa shape index (κ3) is 2.08. The van der Waals surface area contributed by atoms with E-state index in [-0.39, 0.29) is 5.82 Å². The summed E-state index contributed by atoms with van der Waals surface area (Å²) in [5, 5.41) is 0. The average molecular weight is 335 g/mol. The first kappa shape index (κ1) is 13.1. The lowest BCUT2D eigenvalue weighted by atomic mass is 10.1. The summed E-state index contributed by atoms with van der Waals surface area (Å²) in [4.78, 5) is 4.48. The number of ether oxygens (including phenoxy) is 1. The molecule has 3 rings (SSSR count). The summed E-state index contributed by atoms with van der Waals surface area (Å²) in [6.45, 7) is 1.99. The second-order valence-corrected chi connectivity index (χ2v) is 5.37. The molecule has 0 spiro atoms. The van der Waals surface area contributed by atoms with Gasteiger partial charge >= 0.3 is 0 Å². The van der Waals surface area contributed by atoms with E-state index in [9.17, 15) is 4.39 Å². The fourth-order valence-corrected chi connectivity index (χ4v) is 2.48. The van der Waals surface area contributed by atoms with E-state index >= 15 is 0 Å². The van der Waals surface area contributed by atoms with Crippen molar-refractivity contribution in [1.82, 2.24) is 9.38 Å². The van der Waals surface area contributed by atoms with Crippen LogP contribution in [0.25, 0.3) is 16.9 Å². The van der Waals surface area contributed by atoms with Crippen LogP contribution in [0.4, 0.5) is 4.39 Å². The predicted octanol–water partition coefficient (Wildman–Crippen LogP) is 4.22. The van der Waals surface area contributed by atoms with E-state index in [0.29, 0.717) is 17.0 Å². The molecule has 5 heteroatoms. The Bertz CT molecular complexity index is 759. The van der Waals surface area contributed by atoms with Crippen molar-refractivity contribution >= 4 is 21.6 Å². The average Bonchev–Trinajstić information content (AvgIpc) is 2.81. The minimum absolute atomic E-state index is 0.344. The molecule has 1 aromatic carbocycles. The number of pyridine rings is 1. The molecule has 0 saturated carbocycles. The maximum absolute atomic E-state index is 14.1. The van der Waals surface area contributed by atoms with Crippen LogP contribution in [-0.4, -0.2) is 16.5 Å². The summed E-state index contributed by atoms with van der Waals surface area (Å²) < 4.78 is 22.1. The minimum Gasteiger partial charge on any atom is -0.496 e. The maximum atomic E-state index is 14.1. The van der Waals surface area contributed by atoms with Gasteiger partial charge in [0, 0.05) is 16.9 Å². The summed E-state index contributed by atoms with van der Waals surface area (Å²) in [5.74, 6) is 0.132. The second-order valence-electron chi connectivity index (χ2n) is 4.51. The molecule has 0 aliphatic rings. The van der Waals surface area contributed by atoms with Crippen LogP contribution in [0.1, 0.15) is 5.56 Å². The highest BCUT2D eigenvalue weighted by molar-refractivity contribution is 9.10. The molecule has 0 saturated heterocycles. The van der Waals surface area contributed by atoms with Crippen LogP contribution >= 0.6 is 15.9 Å². The van der Waals surface area contributed by atoms with Gasteiger partial charge in [0.25, 0.3) is 0 Å². The molecule has 0 radical (unpaired) electrons. The number of aryl methyl sites for hydroxylation is 1. The molecular weight excluding hydrogens is 323 g/mol. The Hall–Kier alpha value is -1.88. The minimum atomic E-state index is -0.344. The van der Waals surface area contributed by atoms with Crippen molar-refractivity contribution in [3.05, 3.63) is 52.5 Å². The third-order valence-corrected chi connectivity index (χ3v) is 4.02. The summed E-state index contributed by atoms with van der Waals surface area (Å²) >= 11 is 3.48. The number of hydrogen-bond acceptors (Lipinski definition) is 2. The molecule has 2 aromatic heterocycles. The van der Waals surface area contributed by atoms with Crippen LogP contribution < -0.4 is 4.74 Å². The van der Waals surface area contributed by atoms with E-state index in [4.69, 9.17) is 4.74 Å². The Labute approximate surface area is 124 Å². The van der Waals surface area contributed by atoms with E-state index in [1.165, 1.54) is 13.2 Å². The lowest BCUT2D eigenvalue weighted by Gasteiger charge is -2.06. The van der Waals surface area contributed by atoms with Gasteiger partial charge in [-0.25, -0.2) is 9.37 Å². The van der Waals surface area contributed by atoms with Crippen LogP contribution in [0, 0.1) is 12.7 Å². The van der Waals surface area contributed by atoms with Gasteiger partial charge in [0.15, 0.2) is 0 Å². The molecular formula is C15H12BrFN2O. The molecule has 3 aromatic rings. The fourth-order valence-electron chi connectivity index (χ4n) is 2.15. The van der Waals surface area contributed by atoms with Crippen LogP contribution in [0.3, 0.4) is 0 Å². The molecule has 20 heavy (non-hydrogen) atoms. The summed E-state index contributed by atoms with van der Waals surface area (Å²) in [7, 11) is 1.52. The third-order valence-electron chi connectivity index (χ3n) is 3.19. The fraction of sp³-hybridized carbons (Fsp3) is 0.133. The first-order valence-corrected chi connectivity index (χ1v) is 6.87. The Kier molecular flexibility index (Phi) is 3.22. The van der Waals surface area contributed by atoms with Crippen molar-refractivity contribution < 1.29 is 9.13 Å². The molecule has 0 aliphatic carbocycles. The predicted molar refractivity (Wildman–Crippen MR) is 79.6 cm³/mol. The highest BCUT2D eigenvalue weighted by Crippen LogP contribution is 2.32. The lowest BCUT2D eigenvalue weighted by Crippen LogP contribution is -1.91. The van der Waals surface area contributed by atoms with Crippen molar-refractivity contribution in [1.29, 1.82) is 0 Å². The smallest absolute Gasteiger partial charge is 0.137 e. The SMILES string of the molecule is COc1cccc(F)c1-c1cn2cc(Br)c(C)cc2n1. The zero-order valence-electron chi connectivity index (χ0n) is 11.0. The number of aromatic nitrogens is 2. The first-order chi connectivity index (χ1) is 9.60. The van der Waals surface area contributed by atoms with E-state index in [1.807, 2.05) is 23.6 Å². The Morgan fingerprint density at radius 1 is 1.30 bits per heavy atom. The second kappa shape index (κ2) is 4.90. The number of hydrogen-bond donors (Lipinski definition) is 0. The number of halogens is 2. The van der Waals surface area contributed by atoms with Crippen LogP contribution in [0.2, 0.25) is 0 Å². The molecule has 2 heterocycles. The summed E-state index contributed by atoms with van der Waals surface area (Å²) in [6.07, 6.45) is 3.70. The largest absolute Gasteiger partial charge is 0.496 e.